The van der Waals surface area contributed by atoms with Crippen LogP contribution < -0.4 is 16.0 Å². The number of amides is 2. The number of carboxylic acid groups (broad SMARTS) is 1. The molecule has 0 saturated heterocycles. The van der Waals surface area contributed by atoms with Gasteiger partial charge in [0.25, 0.3) is 11.8 Å². The second-order valence-electron chi connectivity index (χ2n) is 8.74. The molecule has 0 atom stereocenters. The van der Waals surface area contributed by atoms with E-state index in [1.165, 1.54) is 0 Å². The average molecular weight is 493 g/mol. The first-order chi connectivity index (χ1) is 17.8. The molecule has 3 aromatic carbocycles. The Bertz CT molecular complexity index is 1580. The van der Waals surface area contributed by atoms with Gasteiger partial charge in [0.15, 0.2) is 0 Å². The number of aromatic carboxylic acids is 1. The molecule has 0 spiro atoms. The van der Waals surface area contributed by atoms with Gasteiger partial charge >= 0.3 is 5.97 Å². The maximum Gasteiger partial charge on any atom is 0.337 e. The Balaban J connectivity index is 1.42. The Kier molecular flexibility index (Phi) is 6.07. The maximum atomic E-state index is 12.9. The van der Waals surface area contributed by atoms with Crippen molar-refractivity contribution in [2.45, 2.75) is 13.8 Å². The number of fused-ring (bicyclic) bond motifs is 1. The predicted molar refractivity (Wildman–Crippen MR) is 144 cm³/mol. The van der Waals surface area contributed by atoms with E-state index in [4.69, 9.17) is 0 Å². The number of aryl methyl sites for hydroxylation is 1. The standard InChI is InChI=1S/C29H24N4O4/c1-16-24(30-17(2)25(16)29(36)37)15-22-21-12-7-13-23(26(21)33-28(22)35)31-19-10-6-11-20(14-19)32-27(34)18-8-4-3-5-9-18/h3-15,30-31H,1-2H3,(H,32,34)(H,33,35)(H,36,37). The normalized spacial score (nSPS) is 13.2. The van der Waals surface area contributed by atoms with E-state index in [0.717, 1.165) is 5.69 Å². The number of nitrogens with one attached hydrogen (secondary N) is 4. The van der Waals surface area contributed by atoms with Crippen molar-refractivity contribution < 1.29 is 19.5 Å². The molecule has 5 rings (SSSR count). The molecule has 5 N–H and O–H groups in total. The van der Waals surface area contributed by atoms with Crippen LogP contribution in [0.4, 0.5) is 22.7 Å². The summed E-state index contributed by atoms with van der Waals surface area (Å²) in [7, 11) is 0. The second kappa shape index (κ2) is 9.50. The SMILES string of the molecule is Cc1[nH]c(C=C2C(=O)Nc3c(Nc4cccc(NC(=O)c5ccccc5)c4)cccc32)c(C)c1C(=O)O. The number of anilines is 4. The van der Waals surface area contributed by atoms with Gasteiger partial charge in [-0.1, -0.05) is 36.4 Å². The highest BCUT2D eigenvalue weighted by Crippen LogP contribution is 2.40. The number of carbonyl (C=O) groups excluding carboxylic acids is 2. The van der Waals surface area contributed by atoms with Gasteiger partial charge in [0, 0.05) is 33.9 Å². The minimum absolute atomic E-state index is 0.207. The number of carboxylic acids is 1. The molecule has 184 valence electrons. The minimum atomic E-state index is -1.01. The van der Waals surface area contributed by atoms with E-state index in [2.05, 4.69) is 20.9 Å². The number of aromatic amines is 1. The smallest absolute Gasteiger partial charge is 0.337 e. The molecule has 8 nitrogen and oxygen atoms in total. The highest BCUT2D eigenvalue weighted by Gasteiger charge is 2.27. The van der Waals surface area contributed by atoms with Gasteiger partial charge in [0.1, 0.15) is 0 Å². The van der Waals surface area contributed by atoms with Gasteiger partial charge < -0.3 is 26.0 Å². The molecule has 1 aliphatic rings. The first kappa shape index (κ1) is 23.6. The Morgan fingerprint density at radius 1 is 0.919 bits per heavy atom. The number of aromatic nitrogens is 1. The molecule has 4 aromatic rings. The van der Waals surface area contributed by atoms with Gasteiger partial charge in [0.05, 0.1) is 22.5 Å². The van der Waals surface area contributed by atoms with Crippen LogP contribution in [0, 0.1) is 13.8 Å². The number of benzene rings is 3. The lowest BCUT2D eigenvalue weighted by atomic mass is 10.0. The van der Waals surface area contributed by atoms with E-state index in [0.29, 0.717) is 50.7 Å². The van der Waals surface area contributed by atoms with Gasteiger partial charge in [-0.05, 0) is 61.9 Å². The Morgan fingerprint density at radius 3 is 2.38 bits per heavy atom. The molecular formula is C29H24N4O4. The van der Waals surface area contributed by atoms with Crippen LogP contribution >= 0.6 is 0 Å². The summed E-state index contributed by atoms with van der Waals surface area (Å²) in [6.45, 7) is 3.41. The summed E-state index contributed by atoms with van der Waals surface area (Å²) in [6, 6.07) is 21.8. The van der Waals surface area contributed by atoms with Gasteiger partial charge in [-0.2, -0.15) is 0 Å². The number of hydrogen-bond acceptors (Lipinski definition) is 4. The summed E-state index contributed by atoms with van der Waals surface area (Å²) in [5.74, 6) is -1.50. The Morgan fingerprint density at radius 2 is 1.65 bits per heavy atom. The van der Waals surface area contributed by atoms with Crippen LogP contribution in [0.1, 0.15) is 43.2 Å². The van der Waals surface area contributed by atoms with Crippen LogP contribution in [-0.4, -0.2) is 27.9 Å². The fourth-order valence-electron chi connectivity index (χ4n) is 4.47. The monoisotopic (exact) mass is 492 g/mol. The summed E-state index contributed by atoms with van der Waals surface area (Å²) in [5, 5.41) is 18.6. The van der Waals surface area contributed by atoms with Crippen LogP contribution in [0.2, 0.25) is 0 Å². The van der Waals surface area contributed by atoms with Crippen molar-refractivity contribution in [3.63, 3.8) is 0 Å². The largest absolute Gasteiger partial charge is 0.478 e. The van der Waals surface area contributed by atoms with E-state index in [1.54, 1.807) is 38.1 Å². The first-order valence-electron chi connectivity index (χ1n) is 11.6. The van der Waals surface area contributed by atoms with Crippen molar-refractivity contribution in [3.8, 4) is 0 Å². The second-order valence-corrected chi connectivity index (χ2v) is 8.74. The number of carbonyl (C=O) groups is 3. The molecule has 1 aliphatic heterocycles. The zero-order chi connectivity index (χ0) is 26.1. The molecule has 0 aliphatic carbocycles. The molecular weight excluding hydrogens is 468 g/mol. The lowest BCUT2D eigenvalue weighted by Crippen LogP contribution is -2.11. The number of para-hydroxylation sites is 1. The van der Waals surface area contributed by atoms with Crippen molar-refractivity contribution in [3.05, 3.63) is 106 Å². The van der Waals surface area contributed by atoms with Gasteiger partial charge in [-0.25, -0.2) is 4.79 Å². The van der Waals surface area contributed by atoms with Crippen molar-refractivity contribution in [1.29, 1.82) is 0 Å². The third kappa shape index (κ3) is 4.60. The molecule has 2 amide bonds. The lowest BCUT2D eigenvalue weighted by Gasteiger charge is -2.12. The molecule has 37 heavy (non-hydrogen) atoms. The summed E-state index contributed by atoms with van der Waals surface area (Å²) in [5.41, 5.74) is 6.25. The molecule has 2 heterocycles. The van der Waals surface area contributed by atoms with E-state index < -0.39 is 5.97 Å². The minimum Gasteiger partial charge on any atom is -0.478 e. The Hall–Kier alpha value is -5.11. The molecule has 0 saturated carbocycles. The van der Waals surface area contributed by atoms with Crippen molar-refractivity contribution in [2.24, 2.45) is 0 Å². The zero-order valence-corrected chi connectivity index (χ0v) is 20.2. The lowest BCUT2D eigenvalue weighted by molar-refractivity contribution is -0.110. The summed E-state index contributed by atoms with van der Waals surface area (Å²) in [6.07, 6.45) is 1.68. The topological polar surface area (TPSA) is 123 Å². The molecule has 0 bridgehead atoms. The van der Waals surface area contributed by atoms with Crippen LogP contribution in [0.25, 0.3) is 11.6 Å². The van der Waals surface area contributed by atoms with Crippen molar-refractivity contribution in [1.82, 2.24) is 4.98 Å². The van der Waals surface area contributed by atoms with E-state index in [9.17, 15) is 19.5 Å². The zero-order valence-electron chi connectivity index (χ0n) is 20.2. The van der Waals surface area contributed by atoms with Crippen LogP contribution in [0.15, 0.2) is 72.8 Å². The highest BCUT2D eigenvalue weighted by atomic mass is 16.4. The van der Waals surface area contributed by atoms with Crippen LogP contribution in [0.3, 0.4) is 0 Å². The third-order valence-electron chi connectivity index (χ3n) is 6.25. The third-order valence-corrected chi connectivity index (χ3v) is 6.25. The molecule has 0 unspecified atom stereocenters. The summed E-state index contributed by atoms with van der Waals surface area (Å²) in [4.78, 5) is 40.1. The summed E-state index contributed by atoms with van der Waals surface area (Å²) >= 11 is 0. The van der Waals surface area contributed by atoms with Crippen molar-refractivity contribution >= 4 is 52.2 Å². The fourth-order valence-corrected chi connectivity index (χ4v) is 4.47. The number of H-pyrrole nitrogens is 1. The predicted octanol–water partition coefficient (Wildman–Crippen LogP) is 5.82. The maximum absolute atomic E-state index is 12.9. The fraction of sp³-hybridized carbons (Fsp3) is 0.0690. The average Bonchev–Trinajstić information content (AvgIpc) is 3.35. The van der Waals surface area contributed by atoms with E-state index >= 15 is 0 Å². The molecule has 8 heteroatoms. The first-order valence-corrected chi connectivity index (χ1v) is 11.6. The van der Waals surface area contributed by atoms with Crippen molar-refractivity contribution in [2.75, 3.05) is 16.0 Å². The number of rotatable bonds is 6. The van der Waals surface area contributed by atoms with E-state index in [1.807, 2.05) is 54.6 Å². The van der Waals surface area contributed by atoms with Crippen LogP contribution in [0.5, 0.6) is 0 Å². The molecule has 1 aromatic heterocycles. The number of hydrogen-bond donors (Lipinski definition) is 5. The van der Waals surface area contributed by atoms with E-state index in [-0.39, 0.29) is 17.4 Å². The summed E-state index contributed by atoms with van der Waals surface area (Å²) < 4.78 is 0. The van der Waals surface area contributed by atoms with Crippen LogP contribution in [-0.2, 0) is 4.79 Å². The van der Waals surface area contributed by atoms with Gasteiger partial charge in [-0.3, -0.25) is 9.59 Å². The highest BCUT2D eigenvalue weighted by molar-refractivity contribution is 6.36. The molecule has 0 radical (unpaired) electrons. The van der Waals surface area contributed by atoms with Gasteiger partial charge in [-0.15, -0.1) is 0 Å². The molecule has 0 fully saturated rings. The Labute approximate surface area is 213 Å². The quantitative estimate of drug-likeness (QED) is 0.217. The van der Waals surface area contributed by atoms with Gasteiger partial charge in [0.2, 0.25) is 0 Å².